The molecule has 1 aliphatic carbocycles. The van der Waals surface area contributed by atoms with E-state index in [1.165, 1.54) is 25.7 Å². The van der Waals surface area contributed by atoms with E-state index >= 15 is 0 Å². The normalized spacial score (nSPS) is 18.4. The molecule has 1 aliphatic rings. The van der Waals surface area contributed by atoms with Crippen molar-refractivity contribution in [2.45, 2.75) is 31.7 Å². The molecule has 5 heteroatoms. The Morgan fingerprint density at radius 2 is 2.20 bits per heavy atom. The van der Waals surface area contributed by atoms with Crippen LogP contribution < -0.4 is 11.3 Å². The molecule has 1 heterocycles. The summed E-state index contributed by atoms with van der Waals surface area (Å²) in [6.07, 6.45) is 4.97. The summed E-state index contributed by atoms with van der Waals surface area (Å²) < 4.78 is 1.10. The van der Waals surface area contributed by atoms with Crippen molar-refractivity contribution in [1.29, 1.82) is 0 Å². The first kappa shape index (κ1) is 11.1. The average molecular weight is 288 g/mol. The number of hydrogen-bond acceptors (Lipinski definition) is 3. The van der Waals surface area contributed by atoms with Gasteiger partial charge in [-0.15, -0.1) is 11.3 Å². The summed E-state index contributed by atoms with van der Waals surface area (Å²) in [5, 5.41) is 0. The van der Waals surface area contributed by atoms with Gasteiger partial charge in [-0.25, -0.2) is 5.84 Å². The molecule has 15 heavy (non-hydrogen) atoms. The molecule has 3 nitrogen and oxygen atoms in total. The number of hydrazine groups is 1. The highest BCUT2D eigenvalue weighted by molar-refractivity contribution is 9.11. The first-order valence-corrected chi connectivity index (χ1v) is 6.70. The number of nitrogens with zero attached hydrogens (tertiary/aromatic N) is 1. The molecule has 0 spiro atoms. The fraction of sp³-hybridized carbons (Fsp3) is 0.500. The van der Waals surface area contributed by atoms with Crippen LogP contribution in [0.3, 0.4) is 0 Å². The van der Waals surface area contributed by atoms with E-state index in [1.54, 1.807) is 11.3 Å². The number of rotatable bonds is 2. The zero-order chi connectivity index (χ0) is 10.7. The second-order valence-electron chi connectivity index (χ2n) is 3.66. The summed E-state index contributed by atoms with van der Waals surface area (Å²) in [6, 6.07) is 4.50. The zero-order valence-corrected chi connectivity index (χ0v) is 10.8. The van der Waals surface area contributed by atoms with Gasteiger partial charge in [0, 0.05) is 0 Å². The van der Waals surface area contributed by atoms with Gasteiger partial charge in [-0.3, -0.25) is 4.99 Å². The third-order valence-corrected chi connectivity index (χ3v) is 4.21. The van der Waals surface area contributed by atoms with Gasteiger partial charge in [0.05, 0.1) is 14.7 Å². The lowest BCUT2D eigenvalue weighted by atomic mass is 10.2. The van der Waals surface area contributed by atoms with Crippen molar-refractivity contribution < 1.29 is 0 Å². The Kier molecular flexibility index (Phi) is 3.77. The van der Waals surface area contributed by atoms with Gasteiger partial charge in [0.25, 0.3) is 0 Å². The van der Waals surface area contributed by atoms with Gasteiger partial charge in [0.15, 0.2) is 5.84 Å². The summed E-state index contributed by atoms with van der Waals surface area (Å²) in [6.45, 7) is 0. The minimum atomic E-state index is 0.455. The summed E-state index contributed by atoms with van der Waals surface area (Å²) in [5.41, 5.74) is 2.70. The lowest BCUT2D eigenvalue weighted by molar-refractivity contribution is 0.701. The third-order valence-electron chi connectivity index (χ3n) is 2.58. The molecule has 1 saturated carbocycles. The van der Waals surface area contributed by atoms with Gasteiger partial charge in [-0.2, -0.15) is 0 Å². The van der Waals surface area contributed by atoms with Crippen LogP contribution >= 0.6 is 27.3 Å². The second kappa shape index (κ2) is 5.09. The van der Waals surface area contributed by atoms with Crippen LogP contribution in [-0.4, -0.2) is 11.9 Å². The number of nitrogens with one attached hydrogen (secondary N) is 1. The predicted molar refractivity (Wildman–Crippen MR) is 68.1 cm³/mol. The molecule has 0 saturated heterocycles. The number of nitrogens with two attached hydrogens (primary N) is 1. The molecule has 0 radical (unpaired) electrons. The van der Waals surface area contributed by atoms with Crippen molar-refractivity contribution in [3.8, 4) is 0 Å². The van der Waals surface area contributed by atoms with E-state index in [0.717, 1.165) is 14.5 Å². The maximum atomic E-state index is 5.50. The van der Waals surface area contributed by atoms with Crippen molar-refractivity contribution in [1.82, 2.24) is 5.43 Å². The molecule has 1 aromatic rings. The van der Waals surface area contributed by atoms with Crippen LogP contribution in [0.25, 0.3) is 0 Å². The maximum Gasteiger partial charge on any atom is 0.153 e. The molecular formula is C10H14BrN3S. The first-order chi connectivity index (χ1) is 7.29. The topological polar surface area (TPSA) is 50.4 Å². The molecule has 1 fully saturated rings. The second-order valence-corrected chi connectivity index (χ2v) is 6.13. The van der Waals surface area contributed by atoms with Crippen LogP contribution in [0.2, 0.25) is 0 Å². The van der Waals surface area contributed by atoms with Crippen LogP contribution in [-0.2, 0) is 0 Å². The summed E-state index contributed by atoms with van der Waals surface area (Å²) in [7, 11) is 0. The number of halogens is 1. The minimum Gasteiger partial charge on any atom is -0.308 e. The van der Waals surface area contributed by atoms with E-state index in [4.69, 9.17) is 5.84 Å². The number of aliphatic imine (C=N–C) groups is 1. The van der Waals surface area contributed by atoms with Gasteiger partial charge in [0.1, 0.15) is 0 Å². The molecule has 82 valence electrons. The number of amidine groups is 1. The highest BCUT2D eigenvalue weighted by Gasteiger charge is 2.15. The van der Waals surface area contributed by atoms with E-state index in [2.05, 4.69) is 26.3 Å². The summed E-state index contributed by atoms with van der Waals surface area (Å²) in [5.74, 6) is 6.32. The zero-order valence-electron chi connectivity index (χ0n) is 8.37. The highest BCUT2D eigenvalue weighted by atomic mass is 79.9. The Balaban J connectivity index is 2.15. The van der Waals surface area contributed by atoms with Gasteiger partial charge in [-0.05, 0) is 40.9 Å². The fourth-order valence-electron chi connectivity index (χ4n) is 1.83. The van der Waals surface area contributed by atoms with Crippen LogP contribution in [0.5, 0.6) is 0 Å². The third kappa shape index (κ3) is 2.80. The Bertz CT molecular complexity index is 355. The lowest BCUT2D eigenvalue weighted by Gasteiger charge is -2.07. The van der Waals surface area contributed by atoms with Crippen molar-refractivity contribution in [2.24, 2.45) is 10.8 Å². The van der Waals surface area contributed by atoms with Crippen molar-refractivity contribution in [2.75, 3.05) is 0 Å². The molecule has 0 atom stereocenters. The molecule has 0 aromatic carbocycles. The van der Waals surface area contributed by atoms with Gasteiger partial charge in [-0.1, -0.05) is 12.8 Å². The SMILES string of the molecule is NNC(=NC1CCCC1)c1ccc(Br)s1. The van der Waals surface area contributed by atoms with E-state index in [1.807, 2.05) is 12.1 Å². The summed E-state index contributed by atoms with van der Waals surface area (Å²) in [4.78, 5) is 5.74. The van der Waals surface area contributed by atoms with Crippen molar-refractivity contribution >= 4 is 33.1 Å². The minimum absolute atomic E-state index is 0.455. The fourth-order valence-corrected chi connectivity index (χ4v) is 3.18. The van der Waals surface area contributed by atoms with Crippen LogP contribution in [0, 0.1) is 0 Å². The van der Waals surface area contributed by atoms with Crippen molar-refractivity contribution in [3.63, 3.8) is 0 Å². The first-order valence-electron chi connectivity index (χ1n) is 5.09. The van der Waals surface area contributed by atoms with Crippen LogP contribution in [0.15, 0.2) is 20.9 Å². The Hall–Kier alpha value is -0.390. The average Bonchev–Trinajstić information content (AvgIpc) is 2.85. The Labute approximate surface area is 102 Å². The predicted octanol–water partition coefficient (Wildman–Crippen LogP) is 2.66. The Morgan fingerprint density at radius 3 is 2.73 bits per heavy atom. The molecule has 2 rings (SSSR count). The van der Waals surface area contributed by atoms with Crippen LogP contribution in [0.4, 0.5) is 0 Å². The molecule has 0 amide bonds. The molecule has 0 bridgehead atoms. The molecule has 0 unspecified atom stereocenters. The molecular weight excluding hydrogens is 274 g/mol. The van der Waals surface area contributed by atoms with Crippen molar-refractivity contribution in [3.05, 3.63) is 20.8 Å². The van der Waals surface area contributed by atoms with Gasteiger partial charge >= 0.3 is 0 Å². The van der Waals surface area contributed by atoms with Gasteiger partial charge < -0.3 is 5.43 Å². The molecule has 1 aromatic heterocycles. The number of hydrogen-bond donors (Lipinski definition) is 2. The standard InChI is InChI=1S/C10H14BrN3S/c11-9-6-5-8(15-9)10(14-12)13-7-3-1-2-4-7/h5-7H,1-4,12H2,(H,13,14). The van der Waals surface area contributed by atoms with E-state index < -0.39 is 0 Å². The molecule has 0 aliphatic heterocycles. The monoisotopic (exact) mass is 287 g/mol. The quantitative estimate of drug-likeness (QED) is 0.380. The highest BCUT2D eigenvalue weighted by Crippen LogP contribution is 2.25. The number of thiophene rings is 1. The van der Waals surface area contributed by atoms with E-state index in [0.29, 0.717) is 6.04 Å². The lowest BCUT2D eigenvalue weighted by Crippen LogP contribution is -2.31. The van der Waals surface area contributed by atoms with Gasteiger partial charge in [0.2, 0.25) is 0 Å². The van der Waals surface area contributed by atoms with Crippen LogP contribution in [0.1, 0.15) is 30.6 Å². The largest absolute Gasteiger partial charge is 0.308 e. The summed E-state index contributed by atoms with van der Waals surface area (Å²) >= 11 is 5.08. The smallest absolute Gasteiger partial charge is 0.153 e. The van der Waals surface area contributed by atoms with E-state index in [-0.39, 0.29) is 0 Å². The maximum absolute atomic E-state index is 5.50. The van der Waals surface area contributed by atoms with E-state index in [9.17, 15) is 0 Å². The molecule has 3 N–H and O–H groups in total. The Morgan fingerprint density at radius 1 is 1.47 bits per heavy atom.